The number of aliphatic hydroxyl groups is 1. The number of benzene rings is 1. The molecule has 1 aromatic carbocycles. The third-order valence-corrected chi connectivity index (χ3v) is 5.23. The molecule has 3 unspecified atom stereocenters. The van der Waals surface area contributed by atoms with Crippen molar-refractivity contribution in [3.05, 3.63) is 52.0 Å². The fourth-order valence-electron chi connectivity index (χ4n) is 2.63. The Morgan fingerprint density at radius 1 is 1.25 bits per heavy atom. The minimum Gasteiger partial charge on any atom is -0.386 e. The largest absolute Gasteiger partial charge is 0.386 e. The van der Waals surface area contributed by atoms with Crippen LogP contribution in [0.25, 0.3) is 0 Å². The van der Waals surface area contributed by atoms with Crippen LogP contribution in [0.3, 0.4) is 0 Å². The predicted molar refractivity (Wildman–Crippen MR) is 83.1 cm³/mol. The molecular weight excluding hydrogens is 266 g/mol. The summed E-state index contributed by atoms with van der Waals surface area (Å²) >= 11 is 1.66. The molecule has 3 heteroatoms. The summed E-state index contributed by atoms with van der Waals surface area (Å²) in [6, 6.07) is 10.5. The van der Waals surface area contributed by atoms with Crippen LogP contribution in [0, 0.1) is 5.92 Å². The molecule has 1 heterocycles. The van der Waals surface area contributed by atoms with E-state index in [0.29, 0.717) is 11.8 Å². The summed E-state index contributed by atoms with van der Waals surface area (Å²) in [6.45, 7) is 6.48. The molecule has 1 N–H and O–H groups in total. The molecule has 106 valence electrons. The zero-order valence-electron chi connectivity index (χ0n) is 12.2. The summed E-state index contributed by atoms with van der Waals surface area (Å²) in [7, 11) is 0. The number of thiazole rings is 1. The fourth-order valence-corrected chi connectivity index (χ4v) is 3.57. The van der Waals surface area contributed by atoms with Crippen LogP contribution < -0.4 is 0 Å². The maximum Gasteiger partial charge on any atom is 0.100 e. The molecule has 1 saturated carbocycles. The number of hydrogen-bond donors (Lipinski definition) is 1. The highest BCUT2D eigenvalue weighted by atomic mass is 32.1. The number of hydrogen-bond acceptors (Lipinski definition) is 3. The Bertz CT molecular complexity index is 585. The normalized spacial score (nSPS) is 23.6. The summed E-state index contributed by atoms with van der Waals surface area (Å²) in [5.74, 6) is 0.818. The van der Waals surface area contributed by atoms with Crippen molar-refractivity contribution >= 4 is 11.3 Å². The quantitative estimate of drug-likeness (QED) is 0.914. The number of aliphatic hydroxyl groups excluding tert-OH is 1. The second-order valence-electron chi connectivity index (χ2n) is 6.69. The lowest BCUT2D eigenvalue weighted by molar-refractivity contribution is 0.147. The first-order chi connectivity index (χ1) is 9.47. The van der Waals surface area contributed by atoms with Crippen LogP contribution >= 0.6 is 11.3 Å². The molecule has 1 fully saturated rings. The average Bonchev–Trinajstić information content (AvgIpc) is 3.05. The van der Waals surface area contributed by atoms with Gasteiger partial charge in [0.2, 0.25) is 0 Å². The minimum atomic E-state index is -0.424. The van der Waals surface area contributed by atoms with E-state index in [1.54, 1.807) is 11.3 Å². The Hall–Kier alpha value is -1.19. The zero-order valence-corrected chi connectivity index (χ0v) is 13.0. The molecule has 0 amide bonds. The molecule has 1 aromatic heterocycles. The molecule has 3 atom stereocenters. The highest BCUT2D eigenvalue weighted by Crippen LogP contribution is 2.54. The van der Waals surface area contributed by atoms with Gasteiger partial charge in [0.05, 0.1) is 10.7 Å². The van der Waals surface area contributed by atoms with Gasteiger partial charge in [-0.3, -0.25) is 0 Å². The van der Waals surface area contributed by atoms with Gasteiger partial charge in [-0.15, -0.1) is 11.3 Å². The van der Waals surface area contributed by atoms with E-state index in [2.05, 4.69) is 50.0 Å². The van der Waals surface area contributed by atoms with Gasteiger partial charge in [-0.05, 0) is 23.8 Å². The Morgan fingerprint density at radius 2 is 1.95 bits per heavy atom. The molecule has 2 nitrogen and oxygen atoms in total. The minimum absolute atomic E-state index is 0.0605. The third kappa shape index (κ3) is 2.65. The molecule has 3 rings (SSSR count). The van der Waals surface area contributed by atoms with Crippen molar-refractivity contribution < 1.29 is 5.11 Å². The highest BCUT2D eigenvalue weighted by Gasteiger charge is 2.44. The molecule has 2 aromatic rings. The van der Waals surface area contributed by atoms with Gasteiger partial charge in [-0.25, -0.2) is 4.98 Å². The number of rotatable bonds is 3. The van der Waals surface area contributed by atoms with Crippen LogP contribution in [-0.2, 0) is 5.41 Å². The SMILES string of the molecule is CC(C)(C)c1nc(C(O)C2CC2c2ccccc2)cs1. The molecule has 0 spiro atoms. The average molecular weight is 287 g/mol. The van der Waals surface area contributed by atoms with E-state index >= 15 is 0 Å². The van der Waals surface area contributed by atoms with Crippen molar-refractivity contribution in [3.63, 3.8) is 0 Å². The van der Waals surface area contributed by atoms with Crippen molar-refractivity contribution in [2.45, 2.75) is 44.6 Å². The van der Waals surface area contributed by atoms with Crippen LogP contribution in [0.1, 0.15) is 55.5 Å². The molecule has 0 saturated heterocycles. The molecule has 0 bridgehead atoms. The Kier molecular flexibility index (Phi) is 3.43. The van der Waals surface area contributed by atoms with E-state index in [1.165, 1.54) is 5.56 Å². The standard InChI is InChI=1S/C17H21NOS/c1-17(2,3)16-18-14(10-20-16)15(19)13-9-12(13)11-7-5-4-6-8-11/h4-8,10,12-13,15,19H,9H2,1-3H3. The molecule has 0 radical (unpaired) electrons. The molecule has 20 heavy (non-hydrogen) atoms. The van der Waals surface area contributed by atoms with Gasteiger partial charge >= 0.3 is 0 Å². The Labute approximate surface area is 124 Å². The van der Waals surface area contributed by atoms with Gasteiger partial charge < -0.3 is 5.11 Å². The van der Waals surface area contributed by atoms with Crippen molar-refractivity contribution in [1.82, 2.24) is 4.98 Å². The first-order valence-corrected chi connectivity index (χ1v) is 8.03. The van der Waals surface area contributed by atoms with E-state index in [1.807, 2.05) is 11.4 Å². The monoisotopic (exact) mass is 287 g/mol. The first kappa shape index (κ1) is 13.8. The third-order valence-electron chi connectivity index (χ3n) is 3.94. The molecule has 1 aliphatic carbocycles. The van der Waals surface area contributed by atoms with E-state index < -0.39 is 6.10 Å². The van der Waals surface area contributed by atoms with Gasteiger partial charge in [-0.1, -0.05) is 51.1 Å². The van der Waals surface area contributed by atoms with Crippen molar-refractivity contribution in [2.75, 3.05) is 0 Å². The van der Waals surface area contributed by atoms with Gasteiger partial charge in [-0.2, -0.15) is 0 Å². The Morgan fingerprint density at radius 3 is 2.55 bits per heavy atom. The van der Waals surface area contributed by atoms with Gasteiger partial charge in [0.15, 0.2) is 0 Å². The smallest absolute Gasteiger partial charge is 0.100 e. The van der Waals surface area contributed by atoms with Crippen LogP contribution in [0.5, 0.6) is 0 Å². The maximum atomic E-state index is 10.5. The van der Waals surface area contributed by atoms with E-state index in [-0.39, 0.29) is 5.41 Å². The van der Waals surface area contributed by atoms with Crippen LogP contribution in [0.15, 0.2) is 35.7 Å². The van der Waals surface area contributed by atoms with Crippen LogP contribution in [0.4, 0.5) is 0 Å². The lowest BCUT2D eigenvalue weighted by Crippen LogP contribution is -2.11. The topological polar surface area (TPSA) is 33.1 Å². The summed E-state index contributed by atoms with van der Waals surface area (Å²) in [5, 5.41) is 13.6. The molecule has 0 aliphatic heterocycles. The zero-order chi connectivity index (χ0) is 14.3. The lowest BCUT2D eigenvalue weighted by atomic mass is 9.98. The van der Waals surface area contributed by atoms with E-state index in [0.717, 1.165) is 17.1 Å². The highest BCUT2D eigenvalue weighted by molar-refractivity contribution is 7.09. The van der Waals surface area contributed by atoms with Gasteiger partial charge in [0.25, 0.3) is 0 Å². The molecule has 1 aliphatic rings. The number of nitrogens with zero attached hydrogens (tertiary/aromatic N) is 1. The van der Waals surface area contributed by atoms with E-state index in [9.17, 15) is 5.11 Å². The second-order valence-corrected chi connectivity index (χ2v) is 7.55. The summed E-state index contributed by atoms with van der Waals surface area (Å²) < 4.78 is 0. The summed E-state index contributed by atoms with van der Waals surface area (Å²) in [4.78, 5) is 4.64. The van der Waals surface area contributed by atoms with Crippen molar-refractivity contribution in [2.24, 2.45) is 5.92 Å². The molecular formula is C17H21NOS. The van der Waals surface area contributed by atoms with Gasteiger partial charge in [0.1, 0.15) is 6.10 Å². The Balaban J connectivity index is 1.72. The lowest BCUT2D eigenvalue weighted by Gasteiger charge is -2.14. The van der Waals surface area contributed by atoms with Gasteiger partial charge in [0, 0.05) is 10.8 Å². The van der Waals surface area contributed by atoms with Crippen LogP contribution in [-0.4, -0.2) is 10.1 Å². The fraction of sp³-hybridized carbons (Fsp3) is 0.471. The summed E-state index contributed by atoms with van der Waals surface area (Å²) in [5.41, 5.74) is 2.25. The maximum absolute atomic E-state index is 10.5. The van der Waals surface area contributed by atoms with E-state index in [4.69, 9.17) is 0 Å². The predicted octanol–water partition coefficient (Wildman–Crippen LogP) is 4.28. The van der Waals surface area contributed by atoms with Crippen LogP contribution in [0.2, 0.25) is 0 Å². The summed E-state index contributed by atoms with van der Waals surface area (Å²) in [6.07, 6.45) is 0.639. The van der Waals surface area contributed by atoms with Crippen molar-refractivity contribution in [1.29, 1.82) is 0 Å². The number of aromatic nitrogens is 1. The van der Waals surface area contributed by atoms with Crippen molar-refractivity contribution in [3.8, 4) is 0 Å². The first-order valence-electron chi connectivity index (χ1n) is 7.16. The second kappa shape index (κ2) is 4.97.